The van der Waals surface area contributed by atoms with Gasteiger partial charge in [0.05, 0.1) is 12.1 Å². The molecule has 0 radical (unpaired) electrons. The summed E-state index contributed by atoms with van der Waals surface area (Å²) in [5.41, 5.74) is 0.389. The molecule has 1 saturated heterocycles. The molecule has 0 atom stereocenters. The van der Waals surface area contributed by atoms with E-state index in [1.807, 2.05) is 0 Å². The van der Waals surface area contributed by atoms with Gasteiger partial charge in [0.1, 0.15) is 0 Å². The van der Waals surface area contributed by atoms with Crippen molar-refractivity contribution in [3.8, 4) is 0 Å². The van der Waals surface area contributed by atoms with Gasteiger partial charge in [-0.3, -0.25) is 9.59 Å². The molecule has 0 aliphatic carbocycles. The Morgan fingerprint density at radius 1 is 1.33 bits per heavy atom. The van der Waals surface area contributed by atoms with Gasteiger partial charge in [-0.1, -0.05) is 6.07 Å². The van der Waals surface area contributed by atoms with E-state index in [4.69, 9.17) is 4.74 Å². The van der Waals surface area contributed by atoms with Gasteiger partial charge in [-0.15, -0.1) is 0 Å². The summed E-state index contributed by atoms with van der Waals surface area (Å²) in [5, 5.41) is 15.1. The Morgan fingerprint density at radius 3 is 2.67 bits per heavy atom. The number of hydrogen-bond donors (Lipinski definition) is 3. The van der Waals surface area contributed by atoms with Gasteiger partial charge in [0.2, 0.25) is 5.91 Å². The summed E-state index contributed by atoms with van der Waals surface area (Å²) in [6.45, 7) is 2.34. The van der Waals surface area contributed by atoms with E-state index in [1.165, 1.54) is 6.92 Å². The number of anilines is 1. The summed E-state index contributed by atoms with van der Waals surface area (Å²) < 4.78 is 5.27. The largest absolute Gasteiger partial charge is 0.394 e. The minimum absolute atomic E-state index is 0.118. The molecule has 1 fully saturated rings. The predicted molar refractivity (Wildman–Crippen MR) is 78.1 cm³/mol. The van der Waals surface area contributed by atoms with Crippen LogP contribution in [0.3, 0.4) is 0 Å². The van der Waals surface area contributed by atoms with Gasteiger partial charge in [-0.05, 0) is 31.0 Å². The lowest BCUT2D eigenvalue weighted by atomic mass is 9.90. The number of carbonyl (C=O) groups is 2. The molecule has 0 bridgehead atoms. The summed E-state index contributed by atoms with van der Waals surface area (Å²) in [7, 11) is 0. The average Bonchev–Trinajstić information content (AvgIpc) is 2.48. The van der Waals surface area contributed by atoms with Crippen molar-refractivity contribution in [2.45, 2.75) is 25.3 Å². The maximum atomic E-state index is 12.3. The van der Waals surface area contributed by atoms with E-state index in [0.717, 1.165) is 0 Å². The smallest absolute Gasteiger partial charge is 0.251 e. The lowest BCUT2D eigenvalue weighted by Crippen LogP contribution is -2.54. The summed E-state index contributed by atoms with van der Waals surface area (Å²) in [6, 6.07) is 6.70. The number of ether oxygens (including phenoxy) is 1. The number of aliphatic hydroxyl groups is 1. The molecular weight excluding hydrogens is 272 g/mol. The van der Waals surface area contributed by atoms with Crippen LogP contribution in [0.15, 0.2) is 24.3 Å². The monoisotopic (exact) mass is 292 g/mol. The first-order chi connectivity index (χ1) is 10.0. The molecule has 21 heavy (non-hydrogen) atoms. The molecule has 0 unspecified atom stereocenters. The van der Waals surface area contributed by atoms with Crippen LogP contribution in [0.2, 0.25) is 0 Å². The second-order valence-electron chi connectivity index (χ2n) is 5.27. The third kappa shape index (κ3) is 4.03. The second-order valence-corrected chi connectivity index (χ2v) is 5.27. The molecule has 2 rings (SSSR count). The Morgan fingerprint density at radius 2 is 2.05 bits per heavy atom. The zero-order valence-electron chi connectivity index (χ0n) is 12.0. The zero-order chi connectivity index (χ0) is 15.3. The van der Waals surface area contributed by atoms with E-state index < -0.39 is 5.54 Å². The van der Waals surface area contributed by atoms with Crippen molar-refractivity contribution < 1.29 is 19.4 Å². The molecule has 1 aliphatic heterocycles. The second kappa shape index (κ2) is 6.69. The molecule has 1 heterocycles. The van der Waals surface area contributed by atoms with Crippen molar-refractivity contribution in [2.24, 2.45) is 0 Å². The standard InChI is InChI=1S/C15H20N2O4/c1-11(19)16-13-4-2-3-12(9-13)14(20)17-15(10-18)5-7-21-8-6-15/h2-4,9,18H,5-8,10H2,1H3,(H,16,19)(H,17,20). The third-order valence-corrected chi connectivity index (χ3v) is 3.58. The van der Waals surface area contributed by atoms with Gasteiger partial charge in [0.15, 0.2) is 0 Å². The normalized spacial score (nSPS) is 17.0. The highest BCUT2D eigenvalue weighted by Gasteiger charge is 2.33. The molecule has 0 saturated carbocycles. The number of rotatable bonds is 4. The lowest BCUT2D eigenvalue weighted by Gasteiger charge is -2.36. The highest BCUT2D eigenvalue weighted by atomic mass is 16.5. The SMILES string of the molecule is CC(=O)Nc1cccc(C(=O)NC2(CO)CCOCC2)c1. The number of carbonyl (C=O) groups excluding carboxylic acids is 2. The van der Waals surface area contributed by atoms with Crippen molar-refractivity contribution >= 4 is 17.5 Å². The van der Waals surface area contributed by atoms with Gasteiger partial charge in [-0.25, -0.2) is 0 Å². The van der Waals surface area contributed by atoms with Crippen LogP contribution in [-0.2, 0) is 9.53 Å². The highest BCUT2D eigenvalue weighted by molar-refractivity contribution is 5.97. The molecule has 1 aromatic rings. The number of amides is 2. The summed E-state index contributed by atoms with van der Waals surface area (Å²) >= 11 is 0. The van der Waals surface area contributed by atoms with Crippen LogP contribution in [0.5, 0.6) is 0 Å². The minimum Gasteiger partial charge on any atom is -0.394 e. The average molecular weight is 292 g/mol. The Bertz CT molecular complexity index is 524. The van der Waals surface area contributed by atoms with Crippen LogP contribution in [0.1, 0.15) is 30.1 Å². The fourth-order valence-electron chi connectivity index (χ4n) is 2.34. The fourth-order valence-corrected chi connectivity index (χ4v) is 2.34. The van der Waals surface area contributed by atoms with E-state index in [9.17, 15) is 14.7 Å². The van der Waals surface area contributed by atoms with Crippen molar-refractivity contribution in [3.63, 3.8) is 0 Å². The maximum Gasteiger partial charge on any atom is 0.251 e. The summed E-state index contributed by atoms with van der Waals surface area (Å²) in [6.07, 6.45) is 1.17. The van der Waals surface area contributed by atoms with E-state index in [0.29, 0.717) is 37.3 Å². The van der Waals surface area contributed by atoms with Crippen LogP contribution in [-0.4, -0.2) is 42.3 Å². The van der Waals surface area contributed by atoms with Crippen LogP contribution in [0, 0.1) is 0 Å². The van der Waals surface area contributed by atoms with Crippen LogP contribution < -0.4 is 10.6 Å². The van der Waals surface area contributed by atoms with Gasteiger partial charge in [0, 0.05) is 31.4 Å². The Kier molecular flexibility index (Phi) is 4.93. The van der Waals surface area contributed by atoms with Gasteiger partial charge in [-0.2, -0.15) is 0 Å². The van der Waals surface area contributed by atoms with Crippen LogP contribution in [0.4, 0.5) is 5.69 Å². The van der Waals surface area contributed by atoms with E-state index in [1.54, 1.807) is 24.3 Å². The maximum absolute atomic E-state index is 12.3. The Hall–Kier alpha value is -1.92. The Labute approximate surface area is 123 Å². The first kappa shape index (κ1) is 15.5. The predicted octanol–water partition coefficient (Wildman–Crippen LogP) is 0.916. The molecule has 0 spiro atoms. The van der Waals surface area contributed by atoms with Crippen molar-refractivity contribution in [3.05, 3.63) is 29.8 Å². The molecule has 1 aliphatic rings. The zero-order valence-corrected chi connectivity index (χ0v) is 12.0. The minimum atomic E-state index is -0.626. The first-order valence-corrected chi connectivity index (χ1v) is 6.93. The van der Waals surface area contributed by atoms with Crippen molar-refractivity contribution in [1.82, 2.24) is 5.32 Å². The number of hydrogen-bond acceptors (Lipinski definition) is 4. The lowest BCUT2D eigenvalue weighted by molar-refractivity contribution is -0.114. The fraction of sp³-hybridized carbons (Fsp3) is 0.467. The summed E-state index contributed by atoms with van der Waals surface area (Å²) in [4.78, 5) is 23.4. The van der Waals surface area contributed by atoms with Crippen molar-refractivity contribution in [1.29, 1.82) is 0 Å². The van der Waals surface area contributed by atoms with Crippen molar-refractivity contribution in [2.75, 3.05) is 25.1 Å². The van der Waals surface area contributed by atoms with Gasteiger partial charge in [0.25, 0.3) is 5.91 Å². The molecule has 3 N–H and O–H groups in total. The molecule has 2 amide bonds. The topological polar surface area (TPSA) is 87.7 Å². The highest BCUT2D eigenvalue weighted by Crippen LogP contribution is 2.21. The summed E-state index contributed by atoms with van der Waals surface area (Å²) in [5.74, 6) is -0.457. The molecule has 1 aromatic carbocycles. The molecule has 6 nitrogen and oxygen atoms in total. The van der Waals surface area contributed by atoms with E-state index in [2.05, 4.69) is 10.6 Å². The number of aliphatic hydroxyl groups excluding tert-OH is 1. The van der Waals surface area contributed by atoms with Gasteiger partial charge < -0.3 is 20.5 Å². The third-order valence-electron chi connectivity index (χ3n) is 3.58. The number of benzene rings is 1. The molecule has 114 valence electrons. The molecular formula is C15H20N2O4. The molecule has 0 aromatic heterocycles. The van der Waals surface area contributed by atoms with Crippen LogP contribution >= 0.6 is 0 Å². The quantitative estimate of drug-likeness (QED) is 0.770. The number of nitrogens with one attached hydrogen (secondary N) is 2. The molecule has 6 heteroatoms. The van der Waals surface area contributed by atoms with E-state index >= 15 is 0 Å². The van der Waals surface area contributed by atoms with Gasteiger partial charge >= 0.3 is 0 Å². The Balaban J connectivity index is 2.10. The van der Waals surface area contributed by atoms with Crippen LogP contribution in [0.25, 0.3) is 0 Å². The first-order valence-electron chi connectivity index (χ1n) is 6.93. The van der Waals surface area contributed by atoms with E-state index in [-0.39, 0.29) is 18.4 Å².